The van der Waals surface area contributed by atoms with E-state index in [9.17, 15) is 13.2 Å². The van der Waals surface area contributed by atoms with Gasteiger partial charge in [0.2, 0.25) is 5.88 Å². The van der Waals surface area contributed by atoms with Gasteiger partial charge in [-0.2, -0.15) is 13.2 Å². The topological polar surface area (TPSA) is 47.0 Å². The number of aromatic nitrogens is 2. The molecule has 0 spiro atoms. The van der Waals surface area contributed by atoms with Crippen molar-refractivity contribution >= 4 is 5.82 Å². The van der Waals surface area contributed by atoms with Crippen LogP contribution >= 0.6 is 0 Å². The highest BCUT2D eigenvalue weighted by Gasteiger charge is 2.26. The van der Waals surface area contributed by atoms with E-state index in [1.165, 1.54) is 13.4 Å². The van der Waals surface area contributed by atoms with Crippen molar-refractivity contribution in [3.8, 4) is 5.88 Å². The Morgan fingerprint density at radius 3 is 2.62 bits per heavy atom. The molecule has 0 aliphatic carbocycles. The number of nitrogens with zero attached hydrogens (tertiary/aromatic N) is 2. The normalized spacial score (nSPS) is 11.3. The van der Waals surface area contributed by atoms with Gasteiger partial charge < -0.3 is 10.1 Å². The summed E-state index contributed by atoms with van der Waals surface area (Å²) in [5.41, 5.74) is 0.590. The summed E-state index contributed by atoms with van der Waals surface area (Å²) >= 11 is 0. The first-order valence-corrected chi connectivity index (χ1v) is 4.60. The molecule has 0 bridgehead atoms. The summed E-state index contributed by atoms with van der Waals surface area (Å²) in [6, 6.07) is 0. The Morgan fingerprint density at radius 1 is 1.38 bits per heavy atom. The molecule has 0 aromatic carbocycles. The maximum atomic E-state index is 11.9. The Kier molecular flexibility index (Phi) is 3.92. The van der Waals surface area contributed by atoms with Crippen molar-refractivity contribution in [3.05, 3.63) is 11.9 Å². The van der Waals surface area contributed by atoms with Gasteiger partial charge in [0.05, 0.1) is 19.1 Å². The fraction of sp³-hybridized carbons (Fsp3) is 0.556. The van der Waals surface area contributed by atoms with Crippen molar-refractivity contribution in [2.45, 2.75) is 19.5 Å². The molecule has 0 amide bonds. The average molecular weight is 235 g/mol. The van der Waals surface area contributed by atoms with Crippen LogP contribution in [0.25, 0.3) is 0 Å². The second-order valence-electron chi connectivity index (χ2n) is 3.15. The molecule has 7 heteroatoms. The second-order valence-corrected chi connectivity index (χ2v) is 3.15. The summed E-state index contributed by atoms with van der Waals surface area (Å²) in [4.78, 5) is 7.66. The first-order chi connectivity index (χ1) is 7.44. The van der Waals surface area contributed by atoms with Gasteiger partial charge in [-0.05, 0) is 6.92 Å². The van der Waals surface area contributed by atoms with Crippen LogP contribution in [-0.2, 0) is 0 Å². The molecule has 1 aromatic rings. The monoisotopic (exact) mass is 235 g/mol. The molecular weight excluding hydrogens is 223 g/mol. The molecule has 0 atom stereocenters. The van der Waals surface area contributed by atoms with E-state index in [0.29, 0.717) is 17.3 Å². The lowest BCUT2D eigenvalue weighted by Crippen LogP contribution is -2.15. The second kappa shape index (κ2) is 5.00. The van der Waals surface area contributed by atoms with Crippen LogP contribution < -0.4 is 10.1 Å². The van der Waals surface area contributed by atoms with Gasteiger partial charge in [-0.25, -0.2) is 9.97 Å². The zero-order chi connectivity index (χ0) is 12.2. The molecule has 1 heterocycles. The minimum absolute atomic E-state index is 0.218. The maximum absolute atomic E-state index is 11.9. The molecule has 90 valence electrons. The van der Waals surface area contributed by atoms with Crippen LogP contribution in [0, 0.1) is 6.92 Å². The van der Waals surface area contributed by atoms with Crippen LogP contribution in [-0.4, -0.2) is 29.8 Å². The summed E-state index contributed by atoms with van der Waals surface area (Å²) in [6.07, 6.45) is -3.83. The molecule has 1 rings (SSSR count). The Bertz CT molecular complexity index is 354. The summed E-state index contributed by atoms with van der Waals surface area (Å²) in [5, 5.41) is 2.59. The Balaban J connectivity index is 2.61. The number of anilines is 1. The minimum atomic E-state index is -4.17. The lowest BCUT2D eigenvalue weighted by atomic mass is 10.3. The van der Waals surface area contributed by atoms with E-state index in [1.807, 2.05) is 0 Å². The zero-order valence-corrected chi connectivity index (χ0v) is 8.93. The molecule has 1 aromatic heterocycles. The lowest BCUT2D eigenvalue weighted by molar-refractivity contribution is -0.131. The summed E-state index contributed by atoms with van der Waals surface area (Å²) in [5.74, 6) is 0.709. The molecule has 0 unspecified atom stereocenters. The molecule has 0 aliphatic heterocycles. The molecule has 4 nitrogen and oxygen atoms in total. The molecule has 16 heavy (non-hydrogen) atoms. The fourth-order valence-electron chi connectivity index (χ4n) is 1.14. The highest BCUT2D eigenvalue weighted by molar-refractivity contribution is 5.47. The van der Waals surface area contributed by atoms with E-state index in [0.717, 1.165) is 0 Å². The number of methoxy groups -OCH3 is 1. The minimum Gasteiger partial charge on any atom is -0.481 e. The quantitative estimate of drug-likeness (QED) is 0.868. The summed E-state index contributed by atoms with van der Waals surface area (Å²) in [6.45, 7) is 1.46. The molecular formula is C9H12F3N3O. The largest absolute Gasteiger partial charge is 0.481 e. The Hall–Kier alpha value is -1.53. The van der Waals surface area contributed by atoms with Gasteiger partial charge >= 0.3 is 6.18 Å². The SMILES string of the molecule is COc1ncnc(NCCC(F)(F)F)c1C. The van der Waals surface area contributed by atoms with Crippen molar-refractivity contribution < 1.29 is 17.9 Å². The first kappa shape index (κ1) is 12.5. The van der Waals surface area contributed by atoms with E-state index >= 15 is 0 Å². The Morgan fingerprint density at radius 2 is 2.06 bits per heavy atom. The van der Waals surface area contributed by atoms with E-state index in [4.69, 9.17) is 4.74 Å². The van der Waals surface area contributed by atoms with Gasteiger partial charge in [-0.15, -0.1) is 0 Å². The van der Waals surface area contributed by atoms with Crippen molar-refractivity contribution in [2.24, 2.45) is 0 Å². The van der Waals surface area contributed by atoms with E-state index in [-0.39, 0.29) is 6.54 Å². The maximum Gasteiger partial charge on any atom is 0.390 e. The molecule has 0 saturated heterocycles. The standard InChI is InChI=1S/C9H12F3N3O/c1-6-7(13-4-3-9(10,11)12)14-5-15-8(6)16-2/h5H,3-4H2,1-2H3,(H,13,14,15). The molecule has 0 aliphatic rings. The summed E-state index contributed by atoms with van der Waals surface area (Å²) in [7, 11) is 1.44. The van der Waals surface area contributed by atoms with Gasteiger partial charge in [-0.1, -0.05) is 0 Å². The number of alkyl halides is 3. The van der Waals surface area contributed by atoms with Crippen LogP contribution in [0.2, 0.25) is 0 Å². The Labute approximate surface area is 90.9 Å². The smallest absolute Gasteiger partial charge is 0.390 e. The number of hydrogen-bond donors (Lipinski definition) is 1. The highest BCUT2D eigenvalue weighted by atomic mass is 19.4. The highest BCUT2D eigenvalue weighted by Crippen LogP contribution is 2.22. The third-order valence-electron chi connectivity index (χ3n) is 1.93. The lowest BCUT2D eigenvalue weighted by Gasteiger charge is -2.11. The van der Waals surface area contributed by atoms with Gasteiger partial charge in [0.15, 0.2) is 0 Å². The number of nitrogens with one attached hydrogen (secondary N) is 1. The molecule has 0 radical (unpaired) electrons. The van der Waals surface area contributed by atoms with Crippen molar-refractivity contribution in [1.29, 1.82) is 0 Å². The van der Waals surface area contributed by atoms with Crippen LogP contribution in [0.4, 0.5) is 19.0 Å². The van der Waals surface area contributed by atoms with Gasteiger partial charge in [-0.3, -0.25) is 0 Å². The zero-order valence-electron chi connectivity index (χ0n) is 8.93. The van der Waals surface area contributed by atoms with Crippen molar-refractivity contribution in [2.75, 3.05) is 19.0 Å². The average Bonchev–Trinajstić information content (AvgIpc) is 2.19. The summed E-state index contributed by atoms with van der Waals surface area (Å²) < 4.78 is 40.6. The number of rotatable bonds is 4. The van der Waals surface area contributed by atoms with Gasteiger partial charge in [0, 0.05) is 6.54 Å². The third-order valence-corrected chi connectivity index (χ3v) is 1.93. The predicted molar refractivity (Wildman–Crippen MR) is 52.5 cm³/mol. The van der Waals surface area contributed by atoms with Gasteiger partial charge in [0.25, 0.3) is 0 Å². The first-order valence-electron chi connectivity index (χ1n) is 4.60. The van der Waals surface area contributed by atoms with Crippen LogP contribution in [0.15, 0.2) is 6.33 Å². The van der Waals surface area contributed by atoms with Crippen LogP contribution in [0.5, 0.6) is 5.88 Å². The van der Waals surface area contributed by atoms with Crippen molar-refractivity contribution in [3.63, 3.8) is 0 Å². The van der Waals surface area contributed by atoms with E-state index in [1.54, 1.807) is 6.92 Å². The molecule has 0 saturated carbocycles. The van der Waals surface area contributed by atoms with E-state index < -0.39 is 12.6 Å². The van der Waals surface area contributed by atoms with Crippen LogP contribution in [0.1, 0.15) is 12.0 Å². The van der Waals surface area contributed by atoms with Crippen molar-refractivity contribution in [1.82, 2.24) is 9.97 Å². The molecule has 1 N–H and O–H groups in total. The number of hydrogen-bond acceptors (Lipinski definition) is 4. The van der Waals surface area contributed by atoms with Crippen LogP contribution in [0.3, 0.4) is 0 Å². The number of halogens is 3. The third kappa shape index (κ3) is 3.56. The number of ether oxygens (including phenoxy) is 1. The predicted octanol–water partition coefficient (Wildman–Crippen LogP) is 2.16. The molecule has 0 fully saturated rings. The van der Waals surface area contributed by atoms with Gasteiger partial charge in [0.1, 0.15) is 12.1 Å². The fourth-order valence-corrected chi connectivity index (χ4v) is 1.14. The van der Waals surface area contributed by atoms with E-state index in [2.05, 4.69) is 15.3 Å².